The molecule has 5 aromatic carbocycles. The van der Waals surface area contributed by atoms with Gasteiger partial charge in [-0.2, -0.15) is 0 Å². The molecule has 2 N–H and O–H groups in total. The smallest absolute Gasteiger partial charge is 0.157 e. The summed E-state index contributed by atoms with van der Waals surface area (Å²) in [6.45, 7) is 0.327. The Labute approximate surface area is 213 Å². The zero-order valence-electron chi connectivity index (χ0n) is 19.4. The van der Waals surface area contributed by atoms with E-state index in [1.165, 1.54) is 0 Å². The molecule has 0 saturated heterocycles. The number of benzene rings is 5. The SMILES string of the molecule is NC(=NC(=NCc1c(Cl)ccc2oc3ccccc3c12)c1ccc2ccccc2c1)c1ccccc1. The molecule has 0 unspecified atom stereocenters. The van der Waals surface area contributed by atoms with Crippen LogP contribution in [0.5, 0.6) is 0 Å². The Morgan fingerprint density at radius 2 is 1.47 bits per heavy atom. The number of fused-ring (bicyclic) bond motifs is 4. The van der Waals surface area contributed by atoms with Crippen LogP contribution in [0.25, 0.3) is 32.7 Å². The maximum atomic E-state index is 6.70. The van der Waals surface area contributed by atoms with Gasteiger partial charge in [-0.3, -0.25) is 4.99 Å². The lowest BCUT2D eigenvalue weighted by Crippen LogP contribution is -2.16. The van der Waals surface area contributed by atoms with Crippen molar-refractivity contribution in [2.75, 3.05) is 0 Å². The van der Waals surface area contributed by atoms with Gasteiger partial charge < -0.3 is 10.2 Å². The van der Waals surface area contributed by atoms with Crippen LogP contribution in [0.3, 0.4) is 0 Å². The van der Waals surface area contributed by atoms with E-state index in [0.717, 1.165) is 49.4 Å². The quantitative estimate of drug-likeness (QED) is 0.204. The Bertz CT molecular complexity index is 1780. The molecule has 0 spiro atoms. The minimum Gasteiger partial charge on any atom is -0.456 e. The second kappa shape index (κ2) is 9.33. The van der Waals surface area contributed by atoms with Gasteiger partial charge in [-0.05, 0) is 35.0 Å². The number of amidine groups is 2. The van der Waals surface area contributed by atoms with Crippen LogP contribution in [0.15, 0.2) is 124 Å². The Balaban J connectivity index is 1.50. The highest BCUT2D eigenvalue weighted by Gasteiger charge is 2.15. The molecule has 0 fully saturated rings. The first kappa shape index (κ1) is 22.1. The second-order valence-electron chi connectivity index (χ2n) is 8.56. The van der Waals surface area contributed by atoms with Crippen molar-refractivity contribution in [3.63, 3.8) is 0 Å². The molecule has 6 rings (SSSR count). The van der Waals surface area contributed by atoms with Crippen molar-refractivity contribution in [2.45, 2.75) is 6.54 Å². The molecule has 0 aliphatic rings. The Kier molecular flexibility index (Phi) is 5.72. The number of rotatable bonds is 4. The average Bonchev–Trinajstić information content (AvgIpc) is 3.31. The van der Waals surface area contributed by atoms with Crippen molar-refractivity contribution in [1.29, 1.82) is 0 Å². The van der Waals surface area contributed by atoms with Crippen LogP contribution < -0.4 is 5.73 Å². The third kappa shape index (κ3) is 4.12. The second-order valence-corrected chi connectivity index (χ2v) is 8.97. The Morgan fingerprint density at radius 3 is 2.33 bits per heavy atom. The number of furan rings is 1. The zero-order chi connectivity index (χ0) is 24.5. The highest BCUT2D eigenvalue weighted by molar-refractivity contribution is 6.33. The molecular weight excluding hydrogens is 466 g/mol. The summed E-state index contributed by atoms with van der Waals surface area (Å²) >= 11 is 6.70. The van der Waals surface area contributed by atoms with E-state index < -0.39 is 0 Å². The molecule has 6 aromatic rings. The van der Waals surface area contributed by atoms with Crippen LogP contribution in [-0.2, 0) is 6.54 Å². The van der Waals surface area contributed by atoms with E-state index in [-0.39, 0.29) is 0 Å². The molecule has 0 amide bonds. The minimum absolute atomic E-state index is 0.327. The number of para-hydroxylation sites is 1. The van der Waals surface area contributed by atoms with Gasteiger partial charge in [0.25, 0.3) is 0 Å². The molecule has 1 heterocycles. The highest BCUT2D eigenvalue weighted by atomic mass is 35.5. The molecule has 4 nitrogen and oxygen atoms in total. The molecule has 0 aliphatic heterocycles. The van der Waals surface area contributed by atoms with Crippen LogP contribution >= 0.6 is 11.6 Å². The molecule has 0 radical (unpaired) electrons. The van der Waals surface area contributed by atoms with Crippen molar-refractivity contribution in [3.05, 3.63) is 131 Å². The van der Waals surface area contributed by atoms with E-state index in [1.54, 1.807) is 0 Å². The summed E-state index contributed by atoms with van der Waals surface area (Å²) in [6.07, 6.45) is 0. The summed E-state index contributed by atoms with van der Waals surface area (Å²) < 4.78 is 6.06. The highest BCUT2D eigenvalue weighted by Crippen LogP contribution is 2.35. The van der Waals surface area contributed by atoms with Gasteiger partial charge in [-0.15, -0.1) is 0 Å². The molecule has 1 aromatic heterocycles. The van der Waals surface area contributed by atoms with Gasteiger partial charge in [0.15, 0.2) is 5.84 Å². The van der Waals surface area contributed by atoms with Crippen molar-refractivity contribution in [3.8, 4) is 0 Å². The van der Waals surface area contributed by atoms with E-state index in [2.05, 4.69) is 24.3 Å². The van der Waals surface area contributed by atoms with Gasteiger partial charge in [0.05, 0.1) is 6.54 Å². The lowest BCUT2D eigenvalue weighted by Gasteiger charge is -2.08. The fraction of sp³-hybridized carbons (Fsp3) is 0.0323. The van der Waals surface area contributed by atoms with Gasteiger partial charge in [0.1, 0.15) is 17.0 Å². The Hall–Kier alpha value is -4.41. The first-order valence-corrected chi connectivity index (χ1v) is 12.1. The maximum Gasteiger partial charge on any atom is 0.157 e. The largest absolute Gasteiger partial charge is 0.456 e. The molecule has 36 heavy (non-hydrogen) atoms. The summed E-state index contributed by atoms with van der Waals surface area (Å²) in [4.78, 5) is 9.73. The third-order valence-corrected chi connectivity index (χ3v) is 6.64. The van der Waals surface area contributed by atoms with Crippen LogP contribution in [0.2, 0.25) is 5.02 Å². The predicted molar refractivity (Wildman–Crippen MR) is 150 cm³/mol. The molecule has 5 heteroatoms. The van der Waals surface area contributed by atoms with Crippen molar-refractivity contribution in [1.82, 2.24) is 0 Å². The lowest BCUT2D eigenvalue weighted by molar-refractivity contribution is 0.668. The van der Waals surface area contributed by atoms with Crippen molar-refractivity contribution < 1.29 is 4.42 Å². The van der Waals surface area contributed by atoms with Crippen molar-refractivity contribution in [2.24, 2.45) is 15.7 Å². The molecule has 0 saturated carbocycles. The molecule has 174 valence electrons. The first-order chi connectivity index (χ1) is 17.7. The summed E-state index contributed by atoms with van der Waals surface area (Å²) in [5.74, 6) is 0.948. The van der Waals surface area contributed by atoms with Gasteiger partial charge >= 0.3 is 0 Å². The summed E-state index contributed by atoms with van der Waals surface area (Å²) in [5.41, 5.74) is 10.6. The zero-order valence-corrected chi connectivity index (χ0v) is 20.1. The average molecular weight is 488 g/mol. The summed E-state index contributed by atoms with van der Waals surface area (Å²) in [6, 6.07) is 35.8. The maximum absolute atomic E-state index is 6.70. The normalized spacial score (nSPS) is 12.6. The van der Waals surface area contributed by atoms with Crippen LogP contribution in [0.1, 0.15) is 16.7 Å². The number of hydrogen-bond acceptors (Lipinski definition) is 2. The molecular formula is C31H22ClN3O. The number of halogens is 1. The fourth-order valence-corrected chi connectivity index (χ4v) is 4.69. The Morgan fingerprint density at radius 1 is 0.722 bits per heavy atom. The molecule has 0 aliphatic carbocycles. The summed E-state index contributed by atoms with van der Waals surface area (Å²) in [7, 11) is 0. The van der Waals surface area contributed by atoms with E-state index in [0.29, 0.717) is 23.2 Å². The van der Waals surface area contributed by atoms with Gasteiger partial charge in [0, 0.05) is 32.5 Å². The number of nitrogens with two attached hydrogens (primary N) is 1. The van der Waals surface area contributed by atoms with Crippen LogP contribution in [0.4, 0.5) is 0 Å². The van der Waals surface area contributed by atoms with E-state index in [4.69, 9.17) is 31.7 Å². The summed E-state index contributed by atoms with van der Waals surface area (Å²) in [5, 5.41) is 4.88. The molecule has 0 bridgehead atoms. The number of nitrogens with zero attached hydrogens (tertiary/aromatic N) is 2. The van der Waals surface area contributed by atoms with Gasteiger partial charge in [-0.1, -0.05) is 96.5 Å². The predicted octanol–water partition coefficient (Wildman–Crippen LogP) is 7.74. The van der Waals surface area contributed by atoms with Crippen molar-refractivity contribution >= 4 is 56.0 Å². The molecule has 0 atom stereocenters. The minimum atomic E-state index is 0.327. The van der Waals surface area contributed by atoms with E-state index in [1.807, 2.05) is 84.9 Å². The number of aliphatic imine (C=N–C) groups is 2. The fourth-order valence-electron chi connectivity index (χ4n) is 4.48. The standard InChI is InChI=1S/C31H22ClN3O/c32-26-16-17-28-29(24-12-6-7-13-27(24)36-28)25(26)19-34-31(35-30(33)21-9-2-1-3-10-21)23-15-14-20-8-4-5-11-22(20)18-23/h1-18H,19H2,(H2,33,34,35). The van der Waals surface area contributed by atoms with Crippen LogP contribution in [-0.4, -0.2) is 11.7 Å². The topological polar surface area (TPSA) is 63.9 Å². The van der Waals surface area contributed by atoms with Gasteiger partial charge in [-0.25, -0.2) is 4.99 Å². The first-order valence-electron chi connectivity index (χ1n) is 11.7. The van der Waals surface area contributed by atoms with E-state index >= 15 is 0 Å². The van der Waals surface area contributed by atoms with E-state index in [9.17, 15) is 0 Å². The lowest BCUT2D eigenvalue weighted by atomic mass is 10.1. The monoisotopic (exact) mass is 487 g/mol. The van der Waals surface area contributed by atoms with Crippen LogP contribution in [0, 0.1) is 0 Å². The van der Waals surface area contributed by atoms with Gasteiger partial charge in [0.2, 0.25) is 0 Å². The number of hydrogen-bond donors (Lipinski definition) is 1. The third-order valence-electron chi connectivity index (χ3n) is 6.28.